The van der Waals surface area contributed by atoms with Crippen LogP contribution in [0.5, 0.6) is 0 Å². The van der Waals surface area contributed by atoms with Crippen molar-refractivity contribution in [3.8, 4) is 11.5 Å². The fourth-order valence-corrected chi connectivity index (χ4v) is 5.21. The van der Waals surface area contributed by atoms with Gasteiger partial charge < -0.3 is 19.5 Å². The summed E-state index contributed by atoms with van der Waals surface area (Å²) in [6.45, 7) is 8.13. The summed E-state index contributed by atoms with van der Waals surface area (Å²) in [6.07, 6.45) is 2.89. The number of anilines is 1. The molecule has 0 aliphatic carbocycles. The van der Waals surface area contributed by atoms with Crippen LogP contribution >= 0.6 is 0 Å². The fourth-order valence-electron chi connectivity index (χ4n) is 5.21. The van der Waals surface area contributed by atoms with Crippen molar-refractivity contribution in [3.63, 3.8) is 0 Å². The van der Waals surface area contributed by atoms with Crippen molar-refractivity contribution in [1.29, 1.82) is 0 Å². The van der Waals surface area contributed by atoms with Crippen molar-refractivity contribution in [3.05, 3.63) is 34.9 Å². The van der Waals surface area contributed by atoms with Crippen molar-refractivity contribution in [1.82, 2.24) is 20.4 Å². The highest BCUT2D eigenvalue weighted by atomic mass is 19.1. The van der Waals surface area contributed by atoms with E-state index in [1.807, 2.05) is 6.92 Å². The van der Waals surface area contributed by atoms with E-state index in [4.69, 9.17) is 37.8 Å². The lowest BCUT2D eigenvalue weighted by molar-refractivity contribution is 0.185. The Bertz CT molecular complexity index is 1240. The van der Waals surface area contributed by atoms with Gasteiger partial charge in [0.05, 0.1) is 35.7 Å². The van der Waals surface area contributed by atoms with Crippen LogP contribution in [0.25, 0.3) is 22.4 Å². The van der Waals surface area contributed by atoms with Crippen LogP contribution in [-0.4, -0.2) is 76.5 Å². The van der Waals surface area contributed by atoms with E-state index in [0.29, 0.717) is 40.6 Å². The normalized spacial score (nSPS) is 23.3. The number of aromatic nitrogens is 3. The number of piperidine rings is 1. The summed E-state index contributed by atoms with van der Waals surface area (Å²) in [4.78, 5) is 11.5. The van der Waals surface area contributed by atoms with Crippen LogP contribution < -0.4 is 10.2 Å². The van der Waals surface area contributed by atoms with Crippen molar-refractivity contribution in [2.75, 3.05) is 24.7 Å². The highest BCUT2D eigenvalue weighted by Gasteiger charge is 2.33. The summed E-state index contributed by atoms with van der Waals surface area (Å²) in [6, 6.07) is 3.87. The zero-order valence-corrected chi connectivity index (χ0v) is 20.3. The van der Waals surface area contributed by atoms with Crippen LogP contribution in [0.1, 0.15) is 43.1 Å². The molecule has 0 bridgehead atoms. The number of hydrogen-bond donors (Lipinski definition) is 1. The van der Waals surface area contributed by atoms with Gasteiger partial charge in [-0.1, -0.05) is 16.8 Å². The van der Waals surface area contributed by atoms with Gasteiger partial charge >= 0.3 is 0 Å². The number of nitrogens with one attached hydrogen (secondary N) is 1. The maximum atomic E-state index is 15.3. The molecule has 3 aromatic rings. The molecule has 176 valence electrons. The Kier molecular flexibility index (Phi) is 6.42. The Morgan fingerprint density at radius 1 is 1.14 bits per heavy atom. The molecule has 0 spiro atoms. The van der Waals surface area contributed by atoms with Gasteiger partial charge in [0.2, 0.25) is 0 Å². The first-order valence-corrected chi connectivity index (χ1v) is 12.0. The summed E-state index contributed by atoms with van der Waals surface area (Å²) >= 11 is 0. The Labute approximate surface area is 208 Å². The first kappa shape index (κ1) is 24.3. The molecule has 4 heterocycles. The largest absolute Gasteiger partial charge is 0.380 e. The van der Waals surface area contributed by atoms with E-state index >= 15 is 4.39 Å². The number of ether oxygens (including phenoxy) is 1. The van der Waals surface area contributed by atoms with Crippen molar-refractivity contribution in [2.24, 2.45) is 0 Å². The first-order chi connectivity index (χ1) is 16.6. The van der Waals surface area contributed by atoms with E-state index in [9.17, 15) is 0 Å². The Morgan fingerprint density at radius 3 is 2.57 bits per heavy atom. The Balaban J connectivity index is 1.58. The Morgan fingerprint density at radius 2 is 1.94 bits per heavy atom. The van der Waals surface area contributed by atoms with Crippen LogP contribution in [-0.2, 0) is 9.85 Å². The second kappa shape index (κ2) is 9.24. The minimum atomic E-state index is -1.69. The molecule has 1 aromatic carbocycles. The monoisotopic (exact) mass is 469 g/mol. The third-order valence-electron chi connectivity index (χ3n) is 7.07. The van der Waals surface area contributed by atoms with Gasteiger partial charge in [0.15, 0.2) is 5.82 Å². The van der Waals surface area contributed by atoms with Gasteiger partial charge in [-0.15, -0.1) is 5.11 Å². The smallest absolute Gasteiger partial charge is 0.261 e. The number of aryl methyl sites for hydroxylation is 2. The second-order valence-electron chi connectivity index (χ2n) is 9.86. The van der Waals surface area contributed by atoms with Gasteiger partial charge in [-0.3, -0.25) is 0 Å². The summed E-state index contributed by atoms with van der Waals surface area (Å²) in [5.74, 6) is 0.932. The molecular formula is C24H27B3FN5O2. The lowest BCUT2D eigenvalue weighted by atomic mass is 9.40. The van der Waals surface area contributed by atoms with Crippen LogP contribution in [0, 0.1) is 19.7 Å². The van der Waals surface area contributed by atoms with E-state index in [1.54, 1.807) is 13.0 Å². The second-order valence-corrected chi connectivity index (χ2v) is 9.86. The zero-order valence-electron chi connectivity index (χ0n) is 20.3. The molecule has 3 atom stereocenters. The Hall–Kier alpha value is -2.39. The molecule has 2 fully saturated rings. The lowest BCUT2D eigenvalue weighted by Crippen LogP contribution is -2.50. The average molecular weight is 469 g/mol. The maximum absolute atomic E-state index is 15.3. The van der Waals surface area contributed by atoms with Gasteiger partial charge in [-0.05, 0) is 51.7 Å². The quantitative estimate of drug-likeness (QED) is 0.576. The highest BCUT2D eigenvalue weighted by Crippen LogP contribution is 2.39. The van der Waals surface area contributed by atoms with Crippen molar-refractivity contribution in [2.45, 2.75) is 63.3 Å². The average Bonchev–Trinajstić information content (AvgIpc) is 3.45. The van der Waals surface area contributed by atoms with Crippen molar-refractivity contribution >= 4 is 40.3 Å². The summed E-state index contributed by atoms with van der Waals surface area (Å²) in [7, 11) is 17.6. The molecule has 2 aliphatic rings. The molecule has 5 rings (SSSR count). The molecule has 35 heavy (non-hydrogen) atoms. The topological polar surface area (TPSA) is 76.3 Å². The molecule has 2 aliphatic heterocycles. The predicted molar refractivity (Wildman–Crippen MR) is 136 cm³/mol. The third kappa shape index (κ3) is 4.72. The van der Waals surface area contributed by atoms with E-state index in [0.717, 1.165) is 44.6 Å². The first-order valence-electron chi connectivity index (χ1n) is 12.0. The summed E-state index contributed by atoms with van der Waals surface area (Å²) in [5.41, 5.74) is 1.91. The number of pyridine rings is 1. The van der Waals surface area contributed by atoms with Gasteiger partial charge in [-0.2, -0.15) is 4.98 Å². The third-order valence-corrected chi connectivity index (χ3v) is 7.07. The highest BCUT2D eigenvalue weighted by molar-refractivity contribution is 6.59. The minimum absolute atomic E-state index is 0.155. The molecule has 11 heteroatoms. The molecule has 7 nitrogen and oxygen atoms in total. The molecule has 2 saturated heterocycles. The zero-order chi connectivity index (χ0) is 24.9. The van der Waals surface area contributed by atoms with Gasteiger partial charge in [0, 0.05) is 36.7 Å². The van der Waals surface area contributed by atoms with Crippen LogP contribution in [0.2, 0.25) is 0 Å². The number of benzene rings is 1. The molecule has 0 saturated carbocycles. The van der Waals surface area contributed by atoms with E-state index < -0.39 is 10.9 Å². The standard InChI is InChI=1S/C24H27B3FN5O2/c1-12-8-16(30-17-5-7-34-11-17)4-6-33(12)22-20(23-29-14(3)32-35-23)13(2)18-9-15(24(25,26)27)10-19(28)21(18)31-22/h9-10,12,16-17,30H,4-8,11H2,1-3H3/t12-,16-,17-/m1/s1. The molecule has 6 radical (unpaired) electrons. The van der Waals surface area contributed by atoms with E-state index in [1.165, 1.54) is 6.07 Å². The molecule has 1 N–H and O–H groups in total. The molecule has 2 aromatic heterocycles. The van der Waals surface area contributed by atoms with Crippen LogP contribution in [0.3, 0.4) is 0 Å². The maximum Gasteiger partial charge on any atom is 0.261 e. The number of rotatable bonds is 5. The van der Waals surface area contributed by atoms with Crippen LogP contribution in [0.4, 0.5) is 10.2 Å². The summed E-state index contributed by atoms with van der Waals surface area (Å²) < 4.78 is 26.4. The van der Waals surface area contributed by atoms with E-state index in [-0.39, 0.29) is 17.1 Å². The van der Waals surface area contributed by atoms with Crippen molar-refractivity contribution < 1.29 is 13.7 Å². The number of nitrogens with zero attached hydrogens (tertiary/aromatic N) is 4. The van der Waals surface area contributed by atoms with Gasteiger partial charge in [-0.25, -0.2) is 9.37 Å². The number of hydrogen-bond acceptors (Lipinski definition) is 7. The molecule has 0 amide bonds. The molecule has 0 unspecified atom stereocenters. The van der Waals surface area contributed by atoms with Crippen LogP contribution in [0.15, 0.2) is 16.7 Å². The molecular weight excluding hydrogens is 442 g/mol. The SMILES string of the molecule is [B]C([B])([B])c1cc(F)c2nc(N3CC[C@@H](N[C@@H]4CCOC4)C[C@H]3C)c(-c3nc(C)no3)c(C)c2c1. The lowest BCUT2D eigenvalue weighted by Gasteiger charge is -2.40. The fraction of sp³-hybridized carbons (Fsp3) is 0.542. The minimum Gasteiger partial charge on any atom is -0.380 e. The van der Waals surface area contributed by atoms with E-state index in [2.05, 4.69) is 27.3 Å². The predicted octanol–water partition coefficient (Wildman–Crippen LogP) is 2.39. The number of fused-ring (bicyclic) bond motifs is 1. The van der Waals surface area contributed by atoms with Gasteiger partial charge in [0.25, 0.3) is 5.89 Å². The van der Waals surface area contributed by atoms with Gasteiger partial charge in [0.1, 0.15) is 17.2 Å². The number of halogens is 1. The summed E-state index contributed by atoms with van der Waals surface area (Å²) in [5, 5.41) is 6.57.